The van der Waals surface area contributed by atoms with Gasteiger partial charge < -0.3 is 5.73 Å². The first-order valence-electron chi connectivity index (χ1n) is 5.92. The number of hydrogen-bond acceptors (Lipinski definition) is 3. The largest absolute Gasteiger partial charge is 0.325 e. The number of nitrogens with zero attached hydrogens (tertiary/aromatic N) is 1. The molecule has 3 rings (SSSR count). The summed E-state index contributed by atoms with van der Waals surface area (Å²) in [5.41, 5.74) is 9.20. The molecule has 0 spiro atoms. The highest BCUT2D eigenvalue weighted by Crippen LogP contribution is 2.33. The van der Waals surface area contributed by atoms with Crippen molar-refractivity contribution in [2.24, 2.45) is 5.73 Å². The molecule has 0 unspecified atom stereocenters. The van der Waals surface area contributed by atoms with Gasteiger partial charge in [-0.15, -0.1) is 11.3 Å². The van der Waals surface area contributed by atoms with Crippen LogP contribution in [-0.2, 0) is 6.54 Å². The summed E-state index contributed by atoms with van der Waals surface area (Å²) in [6.07, 6.45) is 1.94. The molecule has 0 amide bonds. The minimum absolute atomic E-state index is 0.478. The van der Waals surface area contributed by atoms with E-state index in [-0.39, 0.29) is 0 Å². The molecule has 3 heteroatoms. The highest BCUT2D eigenvalue weighted by Gasteiger charge is 2.10. The van der Waals surface area contributed by atoms with E-state index in [1.165, 1.54) is 26.8 Å². The van der Waals surface area contributed by atoms with Gasteiger partial charge in [-0.25, -0.2) is 0 Å². The van der Waals surface area contributed by atoms with Gasteiger partial charge in [-0.05, 0) is 29.3 Å². The highest BCUT2D eigenvalue weighted by atomic mass is 32.1. The van der Waals surface area contributed by atoms with Crippen molar-refractivity contribution in [1.29, 1.82) is 0 Å². The van der Waals surface area contributed by atoms with Crippen LogP contribution < -0.4 is 5.73 Å². The second-order valence-electron chi connectivity index (χ2n) is 4.30. The lowest BCUT2D eigenvalue weighted by molar-refractivity contribution is 1.01. The minimum atomic E-state index is 0.478. The van der Waals surface area contributed by atoms with E-state index in [1.54, 1.807) is 11.3 Å². The van der Waals surface area contributed by atoms with E-state index in [0.717, 1.165) is 5.69 Å². The Morgan fingerprint density at radius 3 is 2.83 bits per heavy atom. The first-order valence-corrected chi connectivity index (χ1v) is 6.80. The van der Waals surface area contributed by atoms with Gasteiger partial charge in [0.05, 0.1) is 5.69 Å². The maximum Gasteiger partial charge on any atom is 0.0620 e. The van der Waals surface area contributed by atoms with Crippen molar-refractivity contribution in [3.8, 4) is 10.4 Å². The van der Waals surface area contributed by atoms with Crippen molar-refractivity contribution in [2.75, 3.05) is 0 Å². The quantitative estimate of drug-likeness (QED) is 0.756. The Morgan fingerprint density at radius 1 is 1.22 bits per heavy atom. The van der Waals surface area contributed by atoms with Crippen molar-refractivity contribution < 1.29 is 0 Å². The van der Waals surface area contributed by atoms with Gasteiger partial charge in [0, 0.05) is 28.6 Å². The van der Waals surface area contributed by atoms with E-state index in [2.05, 4.69) is 47.6 Å². The van der Waals surface area contributed by atoms with Gasteiger partial charge in [-0.3, -0.25) is 4.98 Å². The van der Waals surface area contributed by atoms with Crippen LogP contribution in [0.5, 0.6) is 0 Å². The Hall–Kier alpha value is -1.71. The Labute approximate surface area is 110 Å². The smallest absolute Gasteiger partial charge is 0.0620 e. The van der Waals surface area contributed by atoms with Crippen LogP contribution in [-0.4, -0.2) is 4.98 Å². The van der Waals surface area contributed by atoms with Crippen molar-refractivity contribution in [1.82, 2.24) is 4.98 Å². The van der Waals surface area contributed by atoms with Crippen LogP contribution in [0, 0.1) is 6.92 Å². The summed E-state index contributed by atoms with van der Waals surface area (Å²) in [6.45, 7) is 2.59. The van der Waals surface area contributed by atoms with Crippen molar-refractivity contribution in [2.45, 2.75) is 13.5 Å². The van der Waals surface area contributed by atoms with E-state index < -0.39 is 0 Å². The van der Waals surface area contributed by atoms with Crippen LogP contribution in [0.15, 0.2) is 41.9 Å². The van der Waals surface area contributed by atoms with Crippen molar-refractivity contribution in [3.63, 3.8) is 0 Å². The lowest BCUT2D eigenvalue weighted by atomic mass is 10.00. The van der Waals surface area contributed by atoms with Gasteiger partial charge in [0.2, 0.25) is 0 Å². The highest BCUT2D eigenvalue weighted by molar-refractivity contribution is 7.13. The van der Waals surface area contributed by atoms with Gasteiger partial charge in [-0.1, -0.05) is 24.3 Å². The summed E-state index contributed by atoms with van der Waals surface area (Å²) in [5, 5.41) is 4.53. The summed E-state index contributed by atoms with van der Waals surface area (Å²) in [4.78, 5) is 5.78. The molecule has 0 aliphatic rings. The van der Waals surface area contributed by atoms with Crippen LogP contribution in [0.3, 0.4) is 0 Å². The maximum atomic E-state index is 5.79. The van der Waals surface area contributed by atoms with E-state index in [1.807, 2.05) is 6.20 Å². The van der Waals surface area contributed by atoms with Crippen LogP contribution in [0.2, 0.25) is 0 Å². The number of hydrogen-bond donors (Lipinski definition) is 1. The maximum absolute atomic E-state index is 5.79. The second-order valence-corrected chi connectivity index (χ2v) is 5.25. The molecule has 0 bridgehead atoms. The number of benzene rings is 1. The predicted molar refractivity (Wildman–Crippen MR) is 77.7 cm³/mol. The molecule has 0 saturated heterocycles. The molecule has 0 saturated carbocycles. The van der Waals surface area contributed by atoms with E-state index in [4.69, 9.17) is 5.73 Å². The molecule has 0 fully saturated rings. The zero-order valence-corrected chi connectivity index (χ0v) is 11.0. The predicted octanol–water partition coefficient (Wildman–Crippen LogP) is 3.73. The number of thiophene rings is 1. The van der Waals surface area contributed by atoms with Crippen molar-refractivity contribution in [3.05, 3.63) is 53.2 Å². The van der Waals surface area contributed by atoms with Crippen molar-refractivity contribution >= 4 is 22.1 Å². The number of fused-ring (bicyclic) bond motifs is 1. The molecule has 1 aromatic carbocycles. The first-order chi connectivity index (χ1) is 8.81. The molecular formula is C15H14N2S. The summed E-state index contributed by atoms with van der Waals surface area (Å²) >= 11 is 1.74. The molecule has 2 aromatic heterocycles. The lowest BCUT2D eigenvalue weighted by Crippen LogP contribution is -2.02. The Bertz CT molecular complexity index is 687. The van der Waals surface area contributed by atoms with E-state index in [9.17, 15) is 0 Å². The molecule has 2 heterocycles. The fraction of sp³-hybridized carbons (Fsp3) is 0.133. The number of pyridine rings is 1. The fourth-order valence-electron chi connectivity index (χ4n) is 2.33. The third-order valence-electron chi connectivity index (χ3n) is 3.18. The number of aryl methyl sites for hydroxylation is 1. The van der Waals surface area contributed by atoms with Gasteiger partial charge in [0.25, 0.3) is 0 Å². The Balaban J connectivity index is 2.39. The zero-order valence-electron chi connectivity index (χ0n) is 10.2. The third-order valence-corrected chi connectivity index (χ3v) is 4.08. The molecule has 0 aliphatic carbocycles. The average Bonchev–Trinajstić information content (AvgIpc) is 2.91. The molecular weight excluding hydrogens is 240 g/mol. The first kappa shape index (κ1) is 11.4. The summed E-state index contributed by atoms with van der Waals surface area (Å²) in [7, 11) is 0. The Morgan fingerprint density at radius 2 is 2.11 bits per heavy atom. The number of nitrogens with two attached hydrogens (primary N) is 1. The second kappa shape index (κ2) is 4.52. The minimum Gasteiger partial charge on any atom is -0.325 e. The normalized spacial score (nSPS) is 11.0. The molecule has 2 nitrogen and oxygen atoms in total. The van der Waals surface area contributed by atoms with Crippen LogP contribution in [0.4, 0.5) is 0 Å². The summed E-state index contributed by atoms with van der Waals surface area (Å²) < 4.78 is 0. The summed E-state index contributed by atoms with van der Waals surface area (Å²) in [5.74, 6) is 0. The zero-order chi connectivity index (χ0) is 12.5. The standard InChI is InChI=1S/C15H14N2S/c1-10-4-2-5-11-12(14-6-3-7-18-14)9-17-13(8-16)15(10)11/h2-7,9H,8,16H2,1H3. The summed E-state index contributed by atoms with van der Waals surface area (Å²) in [6, 6.07) is 10.6. The molecule has 18 heavy (non-hydrogen) atoms. The molecule has 0 aliphatic heterocycles. The third kappa shape index (κ3) is 1.72. The van der Waals surface area contributed by atoms with Crippen LogP contribution in [0.1, 0.15) is 11.3 Å². The fourth-order valence-corrected chi connectivity index (χ4v) is 3.09. The number of rotatable bonds is 2. The van der Waals surface area contributed by atoms with E-state index >= 15 is 0 Å². The molecule has 0 atom stereocenters. The van der Waals surface area contributed by atoms with Crippen LogP contribution in [0.25, 0.3) is 21.2 Å². The topological polar surface area (TPSA) is 38.9 Å². The average molecular weight is 254 g/mol. The van der Waals surface area contributed by atoms with Gasteiger partial charge in [-0.2, -0.15) is 0 Å². The molecule has 2 N–H and O–H groups in total. The van der Waals surface area contributed by atoms with Crippen LogP contribution >= 0.6 is 11.3 Å². The van der Waals surface area contributed by atoms with Gasteiger partial charge in [0.15, 0.2) is 0 Å². The lowest BCUT2D eigenvalue weighted by Gasteiger charge is -2.10. The molecule has 3 aromatic rings. The van der Waals surface area contributed by atoms with Gasteiger partial charge >= 0.3 is 0 Å². The van der Waals surface area contributed by atoms with Gasteiger partial charge in [0.1, 0.15) is 0 Å². The number of aromatic nitrogens is 1. The molecule has 90 valence electrons. The molecule has 0 radical (unpaired) electrons. The van der Waals surface area contributed by atoms with E-state index in [0.29, 0.717) is 6.54 Å². The SMILES string of the molecule is Cc1cccc2c(-c3cccs3)cnc(CN)c12. The monoisotopic (exact) mass is 254 g/mol. The Kier molecular flexibility index (Phi) is 2.86.